The van der Waals surface area contributed by atoms with Crippen LogP contribution < -0.4 is 0 Å². The second kappa shape index (κ2) is 11.0. The monoisotopic (exact) mass is 503 g/mol. The Bertz CT molecular complexity index is 1290. The van der Waals surface area contributed by atoms with Crippen LogP contribution in [0.3, 0.4) is 0 Å². The molecule has 0 spiro atoms. The van der Waals surface area contributed by atoms with Crippen molar-refractivity contribution in [3.63, 3.8) is 0 Å². The highest BCUT2D eigenvalue weighted by atomic mass is 14.7. The van der Waals surface area contributed by atoms with Gasteiger partial charge in [-0.25, -0.2) is 0 Å². The first-order valence-corrected chi connectivity index (χ1v) is 14.8. The molecule has 5 atom stereocenters. The minimum absolute atomic E-state index is 0.0903. The fourth-order valence-electron chi connectivity index (χ4n) is 7.57. The Hall–Kier alpha value is -2.93. The van der Waals surface area contributed by atoms with Crippen LogP contribution in [-0.4, -0.2) is 12.8 Å². The average Bonchev–Trinajstić information content (AvgIpc) is 3.03. The van der Waals surface area contributed by atoms with Crippen LogP contribution in [0.1, 0.15) is 60.3 Å². The number of allylic oxidation sites excluding steroid dienone is 20. The Morgan fingerprint density at radius 2 is 1.74 bits per heavy atom. The van der Waals surface area contributed by atoms with Gasteiger partial charge in [0.1, 0.15) is 0 Å². The fraction of sp³-hybridized carbons (Fsp3) is 0.432. The minimum atomic E-state index is -0.0903. The van der Waals surface area contributed by atoms with E-state index in [0.29, 0.717) is 29.6 Å². The van der Waals surface area contributed by atoms with Crippen LogP contribution in [0.5, 0.6) is 0 Å². The first-order chi connectivity index (χ1) is 18.4. The molecular weight excluding hydrogens is 458 g/mol. The van der Waals surface area contributed by atoms with Crippen molar-refractivity contribution in [2.45, 2.75) is 60.3 Å². The van der Waals surface area contributed by atoms with Gasteiger partial charge in [0.25, 0.3) is 0 Å². The standard InChI is InChI=1S/C37H45N/c1-25(2)32(31-18-9-12-21-36(31)38-6)24-35-28(5)30-17-8-11-20-34(30)37(35,33-19-10-7-15-27(33)4)29-16-13-14-26(3)22-23-29/h7-10,12-19,21,24-28,33H,11,20,22-23H2,1-6H3/b32-31-,35-24+,38-36-/t26-,27-,28?,33?,37?/m0/s1. The van der Waals surface area contributed by atoms with Crippen LogP contribution in [0.15, 0.2) is 123 Å². The summed E-state index contributed by atoms with van der Waals surface area (Å²) in [5.74, 6) is 2.28. The maximum absolute atomic E-state index is 4.68. The summed E-state index contributed by atoms with van der Waals surface area (Å²) >= 11 is 0. The summed E-state index contributed by atoms with van der Waals surface area (Å²) in [4.78, 5) is 4.68. The number of aliphatic imine (C=N–C) groups is 1. The van der Waals surface area contributed by atoms with E-state index in [1.807, 2.05) is 7.05 Å². The van der Waals surface area contributed by atoms with Crippen molar-refractivity contribution in [3.05, 3.63) is 119 Å². The summed E-state index contributed by atoms with van der Waals surface area (Å²) in [6, 6.07) is 0. The van der Waals surface area contributed by atoms with Crippen molar-refractivity contribution >= 4 is 5.71 Å². The lowest BCUT2D eigenvalue weighted by atomic mass is 9.56. The highest BCUT2D eigenvalue weighted by Crippen LogP contribution is 2.64. The summed E-state index contributed by atoms with van der Waals surface area (Å²) in [7, 11) is 1.92. The zero-order chi connectivity index (χ0) is 26.9. The van der Waals surface area contributed by atoms with Crippen molar-refractivity contribution in [2.24, 2.45) is 40.0 Å². The molecule has 5 aliphatic rings. The third-order valence-corrected chi connectivity index (χ3v) is 9.48. The number of hydrogen-bond acceptors (Lipinski definition) is 1. The third-order valence-electron chi connectivity index (χ3n) is 9.48. The van der Waals surface area contributed by atoms with Crippen LogP contribution in [0.25, 0.3) is 0 Å². The van der Waals surface area contributed by atoms with E-state index in [0.717, 1.165) is 25.0 Å². The molecule has 1 heteroatoms. The summed E-state index contributed by atoms with van der Waals surface area (Å²) in [5, 5.41) is 0. The quantitative estimate of drug-likeness (QED) is 0.362. The maximum Gasteiger partial charge on any atom is 0.0646 e. The van der Waals surface area contributed by atoms with Gasteiger partial charge in [0.15, 0.2) is 0 Å². The summed E-state index contributed by atoms with van der Waals surface area (Å²) in [6.07, 6.45) is 37.6. The van der Waals surface area contributed by atoms with Gasteiger partial charge in [-0.2, -0.15) is 0 Å². The van der Waals surface area contributed by atoms with Gasteiger partial charge in [0.2, 0.25) is 0 Å². The summed E-state index contributed by atoms with van der Waals surface area (Å²) in [6.45, 7) is 11.9. The first-order valence-electron chi connectivity index (χ1n) is 14.8. The summed E-state index contributed by atoms with van der Waals surface area (Å²) in [5.41, 5.74) is 10.1. The van der Waals surface area contributed by atoms with Crippen molar-refractivity contribution in [1.82, 2.24) is 0 Å². The molecule has 0 bridgehead atoms. The van der Waals surface area contributed by atoms with Gasteiger partial charge in [0.05, 0.1) is 5.71 Å². The zero-order valence-corrected chi connectivity index (χ0v) is 24.2. The lowest BCUT2D eigenvalue weighted by Crippen LogP contribution is -2.38. The van der Waals surface area contributed by atoms with Crippen molar-refractivity contribution in [1.29, 1.82) is 0 Å². The Morgan fingerprint density at radius 3 is 2.50 bits per heavy atom. The minimum Gasteiger partial charge on any atom is -0.288 e. The first kappa shape index (κ1) is 26.7. The molecule has 0 saturated carbocycles. The Balaban J connectivity index is 1.83. The van der Waals surface area contributed by atoms with Crippen LogP contribution in [0, 0.1) is 35.0 Å². The predicted octanol–water partition coefficient (Wildman–Crippen LogP) is 9.64. The number of nitrogens with zero attached hydrogens (tertiary/aromatic N) is 1. The Morgan fingerprint density at radius 1 is 0.947 bits per heavy atom. The second-order valence-corrected chi connectivity index (χ2v) is 12.1. The molecule has 3 unspecified atom stereocenters. The average molecular weight is 504 g/mol. The van der Waals surface area contributed by atoms with E-state index in [4.69, 9.17) is 0 Å². The molecule has 198 valence electrons. The van der Waals surface area contributed by atoms with Gasteiger partial charge < -0.3 is 0 Å². The largest absolute Gasteiger partial charge is 0.288 e. The topological polar surface area (TPSA) is 12.4 Å². The van der Waals surface area contributed by atoms with Crippen LogP contribution in [0.4, 0.5) is 0 Å². The molecule has 5 rings (SSSR count). The van der Waals surface area contributed by atoms with Crippen LogP contribution in [-0.2, 0) is 0 Å². The molecule has 38 heavy (non-hydrogen) atoms. The van der Waals surface area contributed by atoms with E-state index >= 15 is 0 Å². The molecule has 0 heterocycles. The maximum atomic E-state index is 4.68. The van der Waals surface area contributed by atoms with Gasteiger partial charge in [-0.15, -0.1) is 0 Å². The van der Waals surface area contributed by atoms with Gasteiger partial charge in [-0.05, 0) is 66.2 Å². The molecular formula is C37H45N. The zero-order valence-electron chi connectivity index (χ0n) is 24.2. The second-order valence-electron chi connectivity index (χ2n) is 12.1. The normalized spacial score (nSPS) is 35.9. The molecule has 0 N–H and O–H groups in total. The lowest BCUT2D eigenvalue weighted by Gasteiger charge is -2.47. The predicted molar refractivity (Wildman–Crippen MR) is 165 cm³/mol. The number of hydrogen-bond donors (Lipinski definition) is 0. The SMILES string of the molecule is C/N=C1/C=CC=C/C1=C(\C=C1/C(C)C2=C(CCC=C2)C1(C1=CC=C[C@H](C)CC1)C1C=CC=C[C@@H]1C)C(C)C. The van der Waals surface area contributed by atoms with E-state index in [1.165, 1.54) is 17.6 Å². The molecule has 0 saturated heterocycles. The lowest BCUT2D eigenvalue weighted by molar-refractivity contribution is 0.294. The van der Waals surface area contributed by atoms with E-state index in [-0.39, 0.29) is 5.41 Å². The van der Waals surface area contributed by atoms with Crippen molar-refractivity contribution < 1.29 is 0 Å². The van der Waals surface area contributed by atoms with Gasteiger partial charge in [-0.3, -0.25) is 4.99 Å². The molecule has 0 aromatic heterocycles. The van der Waals surface area contributed by atoms with Crippen molar-refractivity contribution in [3.8, 4) is 0 Å². The highest BCUT2D eigenvalue weighted by Gasteiger charge is 2.54. The molecule has 0 fully saturated rings. The van der Waals surface area contributed by atoms with Crippen molar-refractivity contribution in [2.75, 3.05) is 7.05 Å². The molecule has 5 aliphatic carbocycles. The van der Waals surface area contributed by atoms with E-state index in [2.05, 4.69) is 125 Å². The van der Waals surface area contributed by atoms with Crippen LogP contribution in [0.2, 0.25) is 0 Å². The Kier molecular flexibility index (Phi) is 7.75. The van der Waals surface area contributed by atoms with E-state index < -0.39 is 0 Å². The molecule has 0 aromatic rings. The molecule has 0 amide bonds. The molecule has 0 aliphatic heterocycles. The van der Waals surface area contributed by atoms with Gasteiger partial charge in [-0.1, -0.05) is 125 Å². The van der Waals surface area contributed by atoms with E-state index in [1.54, 1.807) is 22.3 Å². The van der Waals surface area contributed by atoms with E-state index in [9.17, 15) is 0 Å². The smallest absolute Gasteiger partial charge is 0.0646 e. The third kappa shape index (κ3) is 4.49. The molecule has 1 nitrogen and oxygen atoms in total. The number of rotatable bonds is 4. The Labute approximate surface area is 231 Å². The molecule has 0 radical (unpaired) electrons. The van der Waals surface area contributed by atoms with Crippen LogP contribution >= 0.6 is 0 Å². The van der Waals surface area contributed by atoms with Gasteiger partial charge >= 0.3 is 0 Å². The van der Waals surface area contributed by atoms with Gasteiger partial charge in [0, 0.05) is 29.9 Å². The highest BCUT2D eigenvalue weighted by molar-refractivity contribution is 6.12. The summed E-state index contributed by atoms with van der Waals surface area (Å²) < 4.78 is 0. The fourth-order valence-corrected chi connectivity index (χ4v) is 7.57. The molecule has 0 aromatic carbocycles.